The van der Waals surface area contributed by atoms with Gasteiger partial charge in [-0.25, -0.2) is 18.6 Å². The number of ether oxygens (including phenoxy) is 1. The molecule has 4 rings (SSSR count). The molecule has 3 N–H and O–H groups in total. The number of aromatic nitrogens is 2. The Morgan fingerprint density at radius 2 is 1.94 bits per heavy atom. The fourth-order valence-electron chi connectivity index (χ4n) is 3.69. The van der Waals surface area contributed by atoms with Gasteiger partial charge in [0.2, 0.25) is 0 Å². The molecule has 2 amide bonds. The van der Waals surface area contributed by atoms with Crippen LogP contribution in [0.15, 0.2) is 30.5 Å². The number of nitrogens with zero attached hydrogens (tertiary/aromatic N) is 2. The number of fused-ring (bicyclic) bond motifs is 1. The zero-order valence-corrected chi connectivity index (χ0v) is 18.2. The Bertz CT molecular complexity index is 1180. The summed E-state index contributed by atoms with van der Waals surface area (Å²) in [5, 5.41) is 8.83. The van der Waals surface area contributed by atoms with Crippen LogP contribution < -0.4 is 16.0 Å². The number of aryl methyl sites for hydroxylation is 1. The van der Waals surface area contributed by atoms with E-state index in [1.807, 2.05) is 0 Å². The number of methoxy groups -OCH3 is 1. The molecule has 7 nitrogen and oxygen atoms in total. The fraction of sp³-hybridized carbons (Fsp3) is 0.348. The third kappa shape index (κ3) is 4.47. The average Bonchev–Trinajstić information content (AvgIpc) is 3.55. The average molecular weight is 441 g/mol. The Hall–Kier alpha value is -3.33. The van der Waals surface area contributed by atoms with E-state index < -0.39 is 17.7 Å². The highest BCUT2D eigenvalue weighted by atomic mass is 19.1. The Labute approximate surface area is 184 Å². The van der Waals surface area contributed by atoms with Crippen molar-refractivity contribution in [1.29, 1.82) is 0 Å². The van der Waals surface area contributed by atoms with Crippen LogP contribution >= 0.6 is 0 Å². The van der Waals surface area contributed by atoms with E-state index in [2.05, 4.69) is 25.9 Å². The van der Waals surface area contributed by atoms with E-state index in [1.54, 1.807) is 39.4 Å². The molecule has 9 heteroatoms. The maximum absolute atomic E-state index is 14.7. The monoisotopic (exact) mass is 441 g/mol. The summed E-state index contributed by atoms with van der Waals surface area (Å²) < 4.78 is 34.5. The zero-order chi connectivity index (χ0) is 22.9. The minimum Gasteiger partial charge on any atom is -0.378 e. The summed E-state index contributed by atoms with van der Waals surface area (Å²) in [4.78, 5) is 21.0. The normalized spacial score (nSPS) is 14.3. The molecule has 0 saturated heterocycles. The molecule has 2 aromatic heterocycles. The van der Waals surface area contributed by atoms with Crippen molar-refractivity contribution in [3.05, 3.63) is 47.8 Å². The van der Waals surface area contributed by atoms with Crippen molar-refractivity contribution in [1.82, 2.24) is 15.3 Å². The Balaban J connectivity index is 1.56. The third-order valence-corrected chi connectivity index (χ3v) is 5.85. The van der Waals surface area contributed by atoms with E-state index in [-0.39, 0.29) is 16.9 Å². The Morgan fingerprint density at radius 3 is 2.62 bits per heavy atom. The van der Waals surface area contributed by atoms with Gasteiger partial charge in [-0.05, 0) is 38.3 Å². The van der Waals surface area contributed by atoms with Crippen molar-refractivity contribution in [3.63, 3.8) is 0 Å². The quantitative estimate of drug-likeness (QED) is 0.498. The number of pyridine rings is 2. The molecule has 0 radical (unpaired) electrons. The second-order valence-corrected chi connectivity index (χ2v) is 7.96. The fourth-order valence-corrected chi connectivity index (χ4v) is 3.69. The van der Waals surface area contributed by atoms with Gasteiger partial charge in [-0.1, -0.05) is 0 Å². The molecule has 1 fully saturated rings. The van der Waals surface area contributed by atoms with Crippen LogP contribution in [0.3, 0.4) is 0 Å². The number of rotatable bonds is 7. The van der Waals surface area contributed by atoms with Gasteiger partial charge in [-0.3, -0.25) is 4.98 Å². The zero-order valence-electron chi connectivity index (χ0n) is 18.2. The number of carbonyl (C=O) groups is 1. The highest BCUT2D eigenvalue weighted by molar-refractivity contribution is 5.91. The summed E-state index contributed by atoms with van der Waals surface area (Å²) in [6.45, 7) is 2.14. The van der Waals surface area contributed by atoms with Crippen LogP contribution in [0.4, 0.5) is 25.1 Å². The predicted molar refractivity (Wildman–Crippen MR) is 120 cm³/mol. The third-order valence-electron chi connectivity index (χ3n) is 5.85. The minimum atomic E-state index is -0.858. The van der Waals surface area contributed by atoms with Crippen LogP contribution in [-0.4, -0.2) is 42.3 Å². The van der Waals surface area contributed by atoms with Gasteiger partial charge in [0.15, 0.2) is 0 Å². The summed E-state index contributed by atoms with van der Waals surface area (Å²) in [5.74, 6) is -0.933. The van der Waals surface area contributed by atoms with Crippen molar-refractivity contribution < 1.29 is 18.3 Å². The van der Waals surface area contributed by atoms with Crippen molar-refractivity contribution in [2.45, 2.75) is 31.8 Å². The second kappa shape index (κ2) is 8.66. The first-order valence-corrected chi connectivity index (χ1v) is 10.4. The lowest BCUT2D eigenvalue weighted by atomic mass is 10.0. The van der Waals surface area contributed by atoms with Gasteiger partial charge in [-0.15, -0.1) is 0 Å². The summed E-state index contributed by atoms with van der Waals surface area (Å²) in [5.41, 5.74) is 1.65. The van der Waals surface area contributed by atoms with Gasteiger partial charge in [0.1, 0.15) is 17.5 Å². The van der Waals surface area contributed by atoms with Crippen molar-refractivity contribution in [3.8, 4) is 11.1 Å². The molecule has 0 aliphatic heterocycles. The molecular formula is C23H25F2N5O2. The SMILES string of the molecule is CNc1cc2nc(C)c(-c3cc(NC(=O)NCCC4(OC)CC4)c(F)cc3F)cc2cn1. The smallest absolute Gasteiger partial charge is 0.319 e. The number of anilines is 2. The second-order valence-electron chi connectivity index (χ2n) is 7.96. The van der Waals surface area contributed by atoms with Crippen molar-refractivity contribution >= 4 is 28.4 Å². The summed E-state index contributed by atoms with van der Waals surface area (Å²) in [6.07, 6.45) is 4.25. The number of carbonyl (C=O) groups excluding carboxylic acids is 1. The summed E-state index contributed by atoms with van der Waals surface area (Å²) in [6, 6.07) is 5.03. The van der Waals surface area contributed by atoms with E-state index >= 15 is 0 Å². The first kappa shape index (κ1) is 21.9. The molecule has 0 atom stereocenters. The van der Waals surface area contributed by atoms with E-state index in [4.69, 9.17) is 4.74 Å². The minimum absolute atomic E-state index is 0.116. The molecule has 2 heterocycles. The number of hydrogen-bond donors (Lipinski definition) is 3. The maximum Gasteiger partial charge on any atom is 0.319 e. The van der Waals surface area contributed by atoms with Crippen LogP contribution in [0.5, 0.6) is 0 Å². The van der Waals surface area contributed by atoms with Crippen LogP contribution in [0.25, 0.3) is 22.0 Å². The molecule has 1 saturated carbocycles. The van der Waals surface area contributed by atoms with Crippen LogP contribution in [0.1, 0.15) is 25.0 Å². The van der Waals surface area contributed by atoms with E-state index in [0.29, 0.717) is 40.9 Å². The lowest BCUT2D eigenvalue weighted by molar-refractivity contribution is 0.0736. The van der Waals surface area contributed by atoms with Crippen LogP contribution in [0, 0.1) is 18.6 Å². The largest absolute Gasteiger partial charge is 0.378 e. The molecule has 32 heavy (non-hydrogen) atoms. The summed E-state index contributed by atoms with van der Waals surface area (Å²) >= 11 is 0. The molecule has 0 unspecified atom stereocenters. The Morgan fingerprint density at radius 1 is 1.16 bits per heavy atom. The molecule has 1 aliphatic carbocycles. The van der Waals surface area contributed by atoms with E-state index in [1.165, 1.54) is 6.07 Å². The molecule has 3 aromatic rings. The number of nitrogens with one attached hydrogen (secondary N) is 3. The number of urea groups is 1. The van der Waals surface area contributed by atoms with Gasteiger partial charge in [0.05, 0.1) is 16.8 Å². The summed E-state index contributed by atoms with van der Waals surface area (Å²) in [7, 11) is 3.41. The molecule has 1 aliphatic rings. The van der Waals surface area contributed by atoms with Crippen LogP contribution in [0.2, 0.25) is 0 Å². The number of halogens is 2. The van der Waals surface area contributed by atoms with Crippen molar-refractivity contribution in [2.75, 3.05) is 31.3 Å². The topological polar surface area (TPSA) is 88.2 Å². The lowest BCUT2D eigenvalue weighted by Crippen LogP contribution is -2.32. The van der Waals surface area contributed by atoms with Gasteiger partial charge < -0.3 is 20.7 Å². The molecular weight excluding hydrogens is 416 g/mol. The highest BCUT2D eigenvalue weighted by Gasteiger charge is 2.42. The molecule has 0 spiro atoms. The predicted octanol–water partition coefficient (Wildman–Crippen LogP) is 4.62. The number of amides is 2. The van der Waals surface area contributed by atoms with E-state index in [0.717, 1.165) is 18.9 Å². The van der Waals surface area contributed by atoms with Crippen molar-refractivity contribution in [2.24, 2.45) is 0 Å². The first-order valence-electron chi connectivity index (χ1n) is 10.4. The molecule has 168 valence electrons. The Kier molecular flexibility index (Phi) is 5.92. The maximum atomic E-state index is 14.7. The first-order chi connectivity index (χ1) is 15.3. The molecule has 1 aromatic carbocycles. The van der Waals surface area contributed by atoms with Gasteiger partial charge in [0.25, 0.3) is 0 Å². The van der Waals surface area contributed by atoms with Crippen LogP contribution in [-0.2, 0) is 4.74 Å². The standard InChI is InChI=1S/C23H25F2N5O2/c1-13-15(8-14-12-28-21(26-2)11-19(14)29-13)16-9-20(18(25)10-17(16)24)30-22(31)27-7-6-23(32-3)4-5-23/h8-12H,4-7H2,1-3H3,(H,26,28)(H2,27,30,31). The van der Waals surface area contributed by atoms with E-state index in [9.17, 15) is 13.6 Å². The van der Waals surface area contributed by atoms with Gasteiger partial charge in [-0.2, -0.15) is 0 Å². The highest BCUT2D eigenvalue weighted by Crippen LogP contribution is 2.41. The number of hydrogen-bond acceptors (Lipinski definition) is 5. The van der Waals surface area contributed by atoms with Gasteiger partial charge >= 0.3 is 6.03 Å². The lowest BCUT2D eigenvalue weighted by Gasteiger charge is -2.15. The van der Waals surface area contributed by atoms with Gasteiger partial charge in [0, 0.05) is 61.2 Å². The molecule has 0 bridgehead atoms. The number of benzene rings is 1.